The van der Waals surface area contributed by atoms with Gasteiger partial charge in [-0.05, 0) is 42.5 Å². The van der Waals surface area contributed by atoms with Gasteiger partial charge in [0.1, 0.15) is 5.75 Å². The summed E-state index contributed by atoms with van der Waals surface area (Å²) in [6, 6.07) is 8.48. The number of ether oxygens (including phenoxy) is 1. The fourth-order valence-electron chi connectivity index (χ4n) is 2.59. The Labute approximate surface area is 151 Å². The molecule has 0 aliphatic carbocycles. The monoisotopic (exact) mass is 401 g/mol. The molecule has 1 heterocycles. The quantitative estimate of drug-likeness (QED) is 0.729. The van der Waals surface area contributed by atoms with Crippen molar-refractivity contribution in [2.24, 2.45) is 14.1 Å². The predicted octanol–water partition coefficient (Wildman–Crippen LogP) is 2.58. The number of aryl methyl sites for hydroxylation is 2. The first-order chi connectivity index (χ1) is 12.5. The van der Waals surface area contributed by atoms with Gasteiger partial charge in [-0.15, -0.1) is 13.2 Å². The minimum atomic E-state index is -4.83. The second kappa shape index (κ2) is 6.34. The molecule has 0 spiro atoms. The van der Waals surface area contributed by atoms with Gasteiger partial charge >= 0.3 is 12.1 Å². The molecule has 0 bridgehead atoms. The zero-order valence-electron chi connectivity index (χ0n) is 14.1. The van der Waals surface area contributed by atoms with E-state index in [-0.39, 0.29) is 16.3 Å². The highest BCUT2D eigenvalue weighted by atomic mass is 32.2. The molecule has 7 nitrogen and oxygen atoms in total. The minimum absolute atomic E-state index is 0.0616. The fraction of sp³-hybridized carbons (Fsp3) is 0.188. The average molecular weight is 401 g/mol. The summed E-state index contributed by atoms with van der Waals surface area (Å²) in [6.07, 6.45) is -4.83. The Morgan fingerprint density at radius 1 is 0.963 bits per heavy atom. The van der Waals surface area contributed by atoms with E-state index in [9.17, 15) is 26.4 Å². The Bertz CT molecular complexity index is 1160. The molecule has 0 aliphatic rings. The number of anilines is 1. The van der Waals surface area contributed by atoms with Gasteiger partial charge < -0.3 is 4.74 Å². The molecule has 1 aromatic heterocycles. The molecule has 144 valence electrons. The Hall–Kier alpha value is -2.95. The molecule has 1 N–H and O–H groups in total. The number of alkyl halides is 3. The predicted molar refractivity (Wildman–Crippen MR) is 92.1 cm³/mol. The van der Waals surface area contributed by atoms with E-state index in [1.807, 2.05) is 0 Å². The average Bonchev–Trinajstić information content (AvgIpc) is 2.79. The standard InChI is InChI=1S/C16H14F3N3O4S/c1-21-13-8-7-12(9-14(13)22(2)15(21)23)27(24,25)20-10-3-5-11(6-4-10)26-16(17,18)19/h3-9,20H,1-2H3. The van der Waals surface area contributed by atoms with Crippen molar-refractivity contribution in [3.05, 3.63) is 52.9 Å². The number of nitrogens with zero attached hydrogens (tertiary/aromatic N) is 2. The number of benzene rings is 2. The third kappa shape index (κ3) is 3.77. The fourth-order valence-corrected chi connectivity index (χ4v) is 3.67. The molecule has 0 amide bonds. The highest BCUT2D eigenvalue weighted by molar-refractivity contribution is 7.92. The summed E-state index contributed by atoms with van der Waals surface area (Å²) in [5.41, 5.74) is 0.758. The van der Waals surface area contributed by atoms with E-state index in [0.717, 1.165) is 24.3 Å². The zero-order valence-corrected chi connectivity index (χ0v) is 14.9. The number of sulfonamides is 1. The topological polar surface area (TPSA) is 82.3 Å². The summed E-state index contributed by atoms with van der Waals surface area (Å²) in [5.74, 6) is -0.467. The van der Waals surface area contributed by atoms with E-state index in [1.165, 1.54) is 34.4 Å². The van der Waals surface area contributed by atoms with Gasteiger partial charge in [0, 0.05) is 19.8 Å². The van der Waals surface area contributed by atoms with Crippen LogP contribution in [0.4, 0.5) is 18.9 Å². The second-order valence-corrected chi connectivity index (χ2v) is 7.41. The summed E-state index contributed by atoms with van der Waals surface area (Å²) in [7, 11) is -0.918. The van der Waals surface area contributed by atoms with Crippen LogP contribution >= 0.6 is 0 Å². The van der Waals surface area contributed by atoms with Crippen molar-refractivity contribution in [2.45, 2.75) is 11.3 Å². The van der Waals surface area contributed by atoms with E-state index in [0.29, 0.717) is 11.0 Å². The van der Waals surface area contributed by atoms with Crippen LogP contribution in [0.15, 0.2) is 52.2 Å². The molecule has 0 atom stereocenters. The lowest BCUT2D eigenvalue weighted by Crippen LogP contribution is -2.19. The molecule has 0 saturated heterocycles. The van der Waals surface area contributed by atoms with Crippen LogP contribution in [0.3, 0.4) is 0 Å². The van der Waals surface area contributed by atoms with Crippen molar-refractivity contribution in [2.75, 3.05) is 4.72 Å². The van der Waals surface area contributed by atoms with Crippen LogP contribution < -0.4 is 15.1 Å². The molecular formula is C16H14F3N3O4S. The molecule has 0 aliphatic heterocycles. The molecule has 0 saturated carbocycles. The lowest BCUT2D eigenvalue weighted by atomic mass is 10.3. The van der Waals surface area contributed by atoms with Crippen molar-refractivity contribution < 1.29 is 26.3 Å². The van der Waals surface area contributed by atoms with Gasteiger partial charge in [0.2, 0.25) is 0 Å². The number of fused-ring (bicyclic) bond motifs is 1. The van der Waals surface area contributed by atoms with E-state index in [2.05, 4.69) is 9.46 Å². The summed E-state index contributed by atoms with van der Waals surface area (Å²) in [4.78, 5) is 11.8. The van der Waals surface area contributed by atoms with Gasteiger partial charge in [-0.25, -0.2) is 13.2 Å². The van der Waals surface area contributed by atoms with Crippen LogP contribution in [0, 0.1) is 0 Å². The van der Waals surface area contributed by atoms with Crippen molar-refractivity contribution in [1.82, 2.24) is 9.13 Å². The summed E-state index contributed by atoms with van der Waals surface area (Å²) in [5, 5.41) is 0. The Kier molecular flexibility index (Phi) is 4.42. The van der Waals surface area contributed by atoms with Crippen LogP contribution in [0.5, 0.6) is 5.75 Å². The van der Waals surface area contributed by atoms with Gasteiger partial charge in [0.25, 0.3) is 10.0 Å². The van der Waals surface area contributed by atoms with E-state index in [1.54, 1.807) is 7.05 Å². The Morgan fingerprint density at radius 3 is 2.15 bits per heavy atom. The van der Waals surface area contributed by atoms with Crippen LogP contribution in [0.25, 0.3) is 11.0 Å². The number of hydrogen-bond donors (Lipinski definition) is 1. The molecule has 3 aromatic rings. The zero-order chi connectivity index (χ0) is 20.0. The molecule has 3 rings (SSSR count). The molecule has 27 heavy (non-hydrogen) atoms. The van der Waals surface area contributed by atoms with Crippen LogP contribution in [-0.2, 0) is 24.1 Å². The highest BCUT2D eigenvalue weighted by Gasteiger charge is 2.31. The minimum Gasteiger partial charge on any atom is -0.406 e. The highest BCUT2D eigenvalue weighted by Crippen LogP contribution is 2.25. The van der Waals surface area contributed by atoms with E-state index in [4.69, 9.17) is 0 Å². The molecular weight excluding hydrogens is 387 g/mol. The first kappa shape index (κ1) is 18.8. The van der Waals surface area contributed by atoms with Gasteiger partial charge in [0.05, 0.1) is 15.9 Å². The van der Waals surface area contributed by atoms with Gasteiger partial charge in [0.15, 0.2) is 0 Å². The molecule has 0 unspecified atom stereocenters. The summed E-state index contributed by atoms with van der Waals surface area (Å²) < 4.78 is 70.3. The number of halogens is 3. The third-order valence-electron chi connectivity index (χ3n) is 3.89. The normalized spacial score (nSPS) is 12.3. The maximum Gasteiger partial charge on any atom is 0.573 e. The van der Waals surface area contributed by atoms with Gasteiger partial charge in [-0.3, -0.25) is 13.9 Å². The smallest absolute Gasteiger partial charge is 0.406 e. The first-order valence-corrected chi connectivity index (χ1v) is 9.00. The number of rotatable bonds is 4. The number of imidazole rings is 1. The largest absolute Gasteiger partial charge is 0.573 e. The van der Waals surface area contributed by atoms with Crippen molar-refractivity contribution in [3.8, 4) is 5.75 Å². The molecule has 11 heteroatoms. The lowest BCUT2D eigenvalue weighted by molar-refractivity contribution is -0.274. The Balaban J connectivity index is 1.90. The SMILES string of the molecule is Cn1c(=O)n(C)c2cc(S(=O)(=O)Nc3ccc(OC(F)(F)F)cc3)ccc21. The van der Waals surface area contributed by atoms with Crippen molar-refractivity contribution in [1.29, 1.82) is 0 Å². The Morgan fingerprint density at radius 2 is 1.56 bits per heavy atom. The third-order valence-corrected chi connectivity index (χ3v) is 5.27. The van der Waals surface area contributed by atoms with E-state index >= 15 is 0 Å². The van der Waals surface area contributed by atoms with Crippen molar-refractivity contribution >= 4 is 26.7 Å². The maximum absolute atomic E-state index is 12.5. The van der Waals surface area contributed by atoms with Gasteiger partial charge in [-0.2, -0.15) is 0 Å². The van der Waals surface area contributed by atoms with Crippen LogP contribution in [-0.4, -0.2) is 23.9 Å². The molecule has 0 radical (unpaired) electrons. The van der Waals surface area contributed by atoms with Crippen molar-refractivity contribution in [3.63, 3.8) is 0 Å². The first-order valence-electron chi connectivity index (χ1n) is 7.52. The number of hydrogen-bond acceptors (Lipinski definition) is 4. The van der Waals surface area contributed by atoms with Crippen LogP contribution in [0.1, 0.15) is 0 Å². The maximum atomic E-state index is 12.5. The molecule has 0 fully saturated rings. The molecule has 2 aromatic carbocycles. The van der Waals surface area contributed by atoms with Crippen LogP contribution in [0.2, 0.25) is 0 Å². The summed E-state index contributed by atoms with van der Waals surface area (Å²) >= 11 is 0. The number of nitrogens with one attached hydrogen (secondary N) is 1. The number of aromatic nitrogens is 2. The second-order valence-electron chi connectivity index (χ2n) is 5.73. The lowest BCUT2D eigenvalue weighted by Gasteiger charge is -2.11. The summed E-state index contributed by atoms with van der Waals surface area (Å²) in [6.45, 7) is 0. The van der Waals surface area contributed by atoms with E-state index < -0.39 is 22.1 Å². The van der Waals surface area contributed by atoms with Gasteiger partial charge in [-0.1, -0.05) is 0 Å².